The minimum atomic E-state index is 0.261. The van der Waals surface area contributed by atoms with Gasteiger partial charge in [0, 0.05) is 22.6 Å². The van der Waals surface area contributed by atoms with Gasteiger partial charge in [0.2, 0.25) is 0 Å². The van der Waals surface area contributed by atoms with Gasteiger partial charge in [-0.15, -0.1) is 11.8 Å². The fourth-order valence-electron chi connectivity index (χ4n) is 2.38. The number of halogens is 2. The Morgan fingerprint density at radius 1 is 1.05 bits per heavy atom. The van der Waals surface area contributed by atoms with Crippen LogP contribution in [0.1, 0.15) is 27.9 Å². The number of thioether (sulfide) groups is 1. The van der Waals surface area contributed by atoms with Crippen LogP contribution in [0, 0.1) is 0 Å². The van der Waals surface area contributed by atoms with Crippen molar-refractivity contribution in [3.05, 3.63) is 63.1 Å². The summed E-state index contributed by atoms with van der Waals surface area (Å²) in [6.07, 6.45) is 1.50. The maximum Gasteiger partial charge on any atom is 0.163 e. The molecule has 0 spiro atoms. The lowest BCUT2D eigenvalue weighted by Crippen LogP contribution is -1.91. The van der Waals surface area contributed by atoms with Crippen LogP contribution in [0.3, 0.4) is 0 Å². The lowest BCUT2D eigenvalue weighted by molar-refractivity contribution is 0.0994. The highest BCUT2D eigenvalue weighted by atomic mass is 35.5. The fraction of sp³-hybridized carbons (Fsp3) is 0.188. The SMILES string of the molecule is O=C1CCc2c(SCc3ccc(Cl)c(Cl)c3)cccc21. The molecule has 0 atom stereocenters. The summed E-state index contributed by atoms with van der Waals surface area (Å²) in [5.74, 6) is 1.08. The van der Waals surface area contributed by atoms with E-state index < -0.39 is 0 Å². The Morgan fingerprint density at radius 2 is 1.90 bits per heavy atom. The summed E-state index contributed by atoms with van der Waals surface area (Å²) in [6, 6.07) is 11.7. The van der Waals surface area contributed by atoms with Crippen LogP contribution >= 0.6 is 35.0 Å². The predicted octanol–water partition coefficient (Wildman–Crippen LogP) is 5.41. The Hall–Kier alpha value is -0.960. The van der Waals surface area contributed by atoms with Gasteiger partial charge in [-0.05, 0) is 35.7 Å². The monoisotopic (exact) mass is 322 g/mol. The van der Waals surface area contributed by atoms with Gasteiger partial charge >= 0.3 is 0 Å². The summed E-state index contributed by atoms with van der Waals surface area (Å²) in [5, 5.41) is 1.16. The first-order valence-corrected chi connectivity index (χ1v) is 8.11. The average Bonchev–Trinajstić information content (AvgIpc) is 2.83. The average molecular weight is 323 g/mol. The Morgan fingerprint density at radius 3 is 2.70 bits per heavy atom. The maximum atomic E-state index is 11.7. The van der Waals surface area contributed by atoms with Gasteiger partial charge in [-0.3, -0.25) is 4.79 Å². The van der Waals surface area contributed by atoms with E-state index in [1.807, 2.05) is 30.3 Å². The van der Waals surface area contributed by atoms with Gasteiger partial charge in [-0.2, -0.15) is 0 Å². The second kappa shape index (κ2) is 5.80. The van der Waals surface area contributed by atoms with E-state index in [1.165, 1.54) is 10.5 Å². The summed E-state index contributed by atoms with van der Waals surface area (Å²) in [5.41, 5.74) is 3.22. The van der Waals surface area contributed by atoms with Crippen molar-refractivity contribution in [2.75, 3.05) is 0 Å². The van der Waals surface area contributed by atoms with Crippen LogP contribution in [-0.4, -0.2) is 5.78 Å². The molecule has 1 aliphatic rings. The molecule has 0 saturated carbocycles. The zero-order valence-electron chi connectivity index (χ0n) is 10.7. The fourth-order valence-corrected chi connectivity index (χ4v) is 3.77. The molecule has 0 N–H and O–H groups in total. The molecule has 0 aromatic heterocycles. The Balaban J connectivity index is 1.79. The second-order valence-electron chi connectivity index (χ2n) is 4.74. The number of hydrogen-bond donors (Lipinski definition) is 0. The highest BCUT2D eigenvalue weighted by Crippen LogP contribution is 2.34. The van der Waals surface area contributed by atoms with Crippen molar-refractivity contribution in [1.29, 1.82) is 0 Å². The summed E-state index contributed by atoms with van der Waals surface area (Å²) < 4.78 is 0. The summed E-state index contributed by atoms with van der Waals surface area (Å²) in [6.45, 7) is 0. The van der Waals surface area contributed by atoms with Crippen molar-refractivity contribution in [2.45, 2.75) is 23.5 Å². The number of fused-ring (bicyclic) bond motifs is 1. The van der Waals surface area contributed by atoms with Crippen molar-refractivity contribution < 1.29 is 4.79 Å². The maximum absolute atomic E-state index is 11.7. The van der Waals surface area contributed by atoms with E-state index >= 15 is 0 Å². The zero-order valence-corrected chi connectivity index (χ0v) is 13.0. The van der Waals surface area contributed by atoms with E-state index in [0.29, 0.717) is 16.5 Å². The molecule has 0 unspecified atom stereocenters. The molecule has 1 nitrogen and oxygen atoms in total. The first kappa shape index (κ1) is 14.0. The largest absolute Gasteiger partial charge is 0.294 e. The third-order valence-corrected chi connectivity index (χ3v) is 5.32. The number of rotatable bonds is 3. The molecular formula is C16H12Cl2OS. The van der Waals surface area contributed by atoms with E-state index in [-0.39, 0.29) is 5.78 Å². The molecule has 3 rings (SSSR count). The van der Waals surface area contributed by atoms with Crippen LogP contribution < -0.4 is 0 Å². The normalized spacial score (nSPS) is 13.6. The molecule has 20 heavy (non-hydrogen) atoms. The molecule has 0 saturated heterocycles. The van der Waals surface area contributed by atoms with Crippen LogP contribution in [0.25, 0.3) is 0 Å². The van der Waals surface area contributed by atoms with Crippen LogP contribution in [0.4, 0.5) is 0 Å². The van der Waals surface area contributed by atoms with E-state index in [2.05, 4.69) is 6.07 Å². The number of carbonyl (C=O) groups is 1. The molecule has 4 heteroatoms. The smallest absolute Gasteiger partial charge is 0.163 e. The molecule has 0 aliphatic heterocycles. The van der Waals surface area contributed by atoms with Crippen LogP contribution in [-0.2, 0) is 12.2 Å². The van der Waals surface area contributed by atoms with Crippen LogP contribution in [0.5, 0.6) is 0 Å². The first-order chi connectivity index (χ1) is 9.65. The number of ketones is 1. The second-order valence-corrected chi connectivity index (χ2v) is 6.57. The lowest BCUT2D eigenvalue weighted by atomic mass is 10.1. The number of Topliss-reactive ketones (excluding diaryl/α,β-unsaturated/α-hetero) is 1. The number of hydrogen-bond acceptors (Lipinski definition) is 2. The Bertz CT molecular complexity index is 682. The summed E-state index contributed by atoms with van der Waals surface area (Å²) in [7, 11) is 0. The summed E-state index contributed by atoms with van der Waals surface area (Å²) in [4.78, 5) is 12.9. The molecule has 102 valence electrons. The van der Waals surface area contributed by atoms with Gasteiger partial charge < -0.3 is 0 Å². The standard InChI is InChI=1S/C16H12Cl2OS/c17-13-6-4-10(8-14(13)18)9-20-16-3-1-2-11-12(16)5-7-15(11)19/h1-4,6,8H,5,7,9H2. The Labute approximate surface area is 132 Å². The van der Waals surface area contributed by atoms with Gasteiger partial charge in [-0.25, -0.2) is 0 Å². The predicted molar refractivity (Wildman–Crippen MR) is 85.1 cm³/mol. The number of carbonyl (C=O) groups excluding carboxylic acids is 1. The van der Waals surface area contributed by atoms with Gasteiger partial charge in [0.05, 0.1) is 10.0 Å². The molecule has 2 aromatic carbocycles. The molecule has 0 fully saturated rings. The highest BCUT2D eigenvalue weighted by molar-refractivity contribution is 7.98. The van der Waals surface area contributed by atoms with E-state index in [9.17, 15) is 4.79 Å². The highest BCUT2D eigenvalue weighted by Gasteiger charge is 2.21. The Kier molecular flexibility index (Phi) is 4.06. The van der Waals surface area contributed by atoms with Gasteiger partial charge in [0.25, 0.3) is 0 Å². The molecular weight excluding hydrogens is 311 g/mol. The van der Waals surface area contributed by atoms with Crippen LogP contribution in [0.15, 0.2) is 41.3 Å². The molecule has 0 heterocycles. The van der Waals surface area contributed by atoms with Gasteiger partial charge in [0.1, 0.15) is 0 Å². The van der Waals surface area contributed by atoms with E-state index in [4.69, 9.17) is 23.2 Å². The minimum absolute atomic E-state index is 0.261. The third kappa shape index (κ3) is 2.73. The van der Waals surface area contributed by atoms with Gasteiger partial charge in [-0.1, -0.05) is 41.4 Å². The zero-order chi connectivity index (χ0) is 14.1. The molecule has 0 radical (unpaired) electrons. The van der Waals surface area contributed by atoms with Crippen molar-refractivity contribution >= 4 is 40.7 Å². The summed E-state index contributed by atoms with van der Waals surface area (Å²) >= 11 is 13.7. The van der Waals surface area contributed by atoms with Crippen molar-refractivity contribution in [2.24, 2.45) is 0 Å². The lowest BCUT2D eigenvalue weighted by Gasteiger charge is -2.08. The number of benzene rings is 2. The van der Waals surface area contributed by atoms with E-state index in [0.717, 1.165) is 23.3 Å². The van der Waals surface area contributed by atoms with E-state index in [1.54, 1.807) is 11.8 Å². The first-order valence-electron chi connectivity index (χ1n) is 6.37. The quantitative estimate of drug-likeness (QED) is 0.702. The topological polar surface area (TPSA) is 17.1 Å². The molecule has 1 aliphatic carbocycles. The van der Waals surface area contributed by atoms with Crippen molar-refractivity contribution in [3.8, 4) is 0 Å². The van der Waals surface area contributed by atoms with Crippen molar-refractivity contribution in [3.63, 3.8) is 0 Å². The molecule has 2 aromatic rings. The van der Waals surface area contributed by atoms with Crippen molar-refractivity contribution in [1.82, 2.24) is 0 Å². The minimum Gasteiger partial charge on any atom is -0.294 e. The van der Waals surface area contributed by atoms with Gasteiger partial charge in [0.15, 0.2) is 5.78 Å². The molecule has 0 bridgehead atoms. The molecule has 0 amide bonds. The van der Waals surface area contributed by atoms with Crippen LogP contribution in [0.2, 0.25) is 10.0 Å². The third-order valence-electron chi connectivity index (χ3n) is 3.41.